The van der Waals surface area contributed by atoms with Crippen LogP contribution >= 0.6 is 0 Å². The number of anilines is 1. The first-order valence-electron chi connectivity index (χ1n) is 8.94. The first kappa shape index (κ1) is 18.7. The number of aliphatic hydroxyl groups is 1. The number of hydrogen-bond donors (Lipinski definition) is 2. The van der Waals surface area contributed by atoms with Crippen LogP contribution in [0.1, 0.15) is 16.7 Å². The molecule has 1 atom stereocenters. The van der Waals surface area contributed by atoms with Crippen molar-refractivity contribution in [2.75, 3.05) is 4.90 Å². The van der Waals surface area contributed by atoms with Gasteiger partial charge in [0.2, 0.25) is 0 Å². The average molecular weight is 361 g/mol. The predicted molar refractivity (Wildman–Crippen MR) is 107 cm³/mol. The number of benzene rings is 3. The highest BCUT2D eigenvalue weighted by Gasteiger charge is 2.14. The summed E-state index contributed by atoms with van der Waals surface area (Å²) in [4.78, 5) is 13.1. The highest BCUT2D eigenvalue weighted by atomic mass is 16.4. The van der Waals surface area contributed by atoms with E-state index >= 15 is 0 Å². The van der Waals surface area contributed by atoms with Crippen molar-refractivity contribution in [2.45, 2.75) is 25.6 Å². The monoisotopic (exact) mass is 361 g/mol. The van der Waals surface area contributed by atoms with Gasteiger partial charge in [-0.15, -0.1) is 0 Å². The van der Waals surface area contributed by atoms with Gasteiger partial charge in [0.1, 0.15) is 0 Å². The lowest BCUT2D eigenvalue weighted by Crippen LogP contribution is -2.23. The lowest BCUT2D eigenvalue weighted by Gasteiger charge is -2.25. The maximum Gasteiger partial charge on any atom is 0.332 e. The zero-order valence-corrected chi connectivity index (χ0v) is 15.0. The molecule has 0 bridgehead atoms. The van der Waals surface area contributed by atoms with Crippen LogP contribution in [0.4, 0.5) is 5.69 Å². The second kappa shape index (κ2) is 9.01. The van der Waals surface area contributed by atoms with E-state index in [0.717, 1.165) is 24.3 Å². The molecule has 0 amide bonds. The fourth-order valence-corrected chi connectivity index (χ4v) is 3.00. The van der Waals surface area contributed by atoms with Gasteiger partial charge in [0.05, 0.1) is 0 Å². The van der Waals surface area contributed by atoms with Gasteiger partial charge in [-0.05, 0) is 28.8 Å². The molecule has 138 valence electrons. The van der Waals surface area contributed by atoms with E-state index in [1.54, 1.807) is 0 Å². The number of nitrogens with zero attached hydrogens (tertiary/aromatic N) is 1. The maximum absolute atomic E-state index is 10.8. The van der Waals surface area contributed by atoms with E-state index in [1.807, 2.05) is 60.7 Å². The fourth-order valence-electron chi connectivity index (χ4n) is 3.00. The third-order valence-electron chi connectivity index (χ3n) is 4.45. The molecule has 3 rings (SSSR count). The van der Waals surface area contributed by atoms with Crippen molar-refractivity contribution in [3.8, 4) is 0 Å². The van der Waals surface area contributed by atoms with E-state index < -0.39 is 12.1 Å². The summed E-state index contributed by atoms with van der Waals surface area (Å²) in [5, 5.41) is 18.4. The van der Waals surface area contributed by atoms with Crippen LogP contribution in [-0.2, 0) is 24.3 Å². The van der Waals surface area contributed by atoms with Crippen LogP contribution in [0.2, 0.25) is 0 Å². The minimum absolute atomic E-state index is 0.104. The summed E-state index contributed by atoms with van der Waals surface area (Å²) in [5.74, 6) is -1.20. The Hall–Kier alpha value is -3.11. The molecule has 27 heavy (non-hydrogen) atoms. The quantitative estimate of drug-likeness (QED) is 0.639. The Balaban J connectivity index is 1.80. The summed E-state index contributed by atoms with van der Waals surface area (Å²) in [6.07, 6.45) is -1.27. The molecule has 0 aliphatic heterocycles. The van der Waals surface area contributed by atoms with Crippen molar-refractivity contribution in [2.24, 2.45) is 0 Å². The van der Waals surface area contributed by atoms with Gasteiger partial charge in [-0.25, -0.2) is 4.79 Å². The van der Waals surface area contributed by atoms with E-state index in [4.69, 9.17) is 5.11 Å². The molecule has 0 heterocycles. The Morgan fingerprint density at radius 2 is 1.22 bits per heavy atom. The minimum atomic E-state index is -1.37. The van der Waals surface area contributed by atoms with E-state index in [9.17, 15) is 9.90 Å². The van der Waals surface area contributed by atoms with Crippen molar-refractivity contribution in [1.29, 1.82) is 0 Å². The molecule has 0 fully saturated rings. The van der Waals surface area contributed by atoms with Crippen molar-refractivity contribution >= 4 is 11.7 Å². The normalized spacial score (nSPS) is 11.7. The maximum atomic E-state index is 10.8. The van der Waals surface area contributed by atoms with Crippen LogP contribution in [0.5, 0.6) is 0 Å². The molecule has 0 aliphatic carbocycles. The van der Waals surface area contributed by atoms with Crippen molar-refractivity contribution in [3.63, 3.8) is 0 Å². The SMILES string of the molecule is O=C(O)C(O)Cc1ccc(N(Cc2ccccc2)Cc2ccccc2)cc1. The van der Waals surface area contributed by atoms with Gasteiger partial charge in [-0.1, -0.05) is 72.8 Å². The summed E-state index contributed by atoms with van der Waals surface area (Å²) in [7, 11) is 0. The number of aliphatic hydroxyl groups excluding tert-OH is 1. The van der Waals surface area contributed by atoms with Gasteiger partial charge in [0.15, 0.2) is 6.10 Å². The first-order valence-corrected chi connectivity index (χ1v) is 8.94. The molecule has 2 N–H and O–H groups in total. The van der Waals surface area contributed by atoms with Crippen LogP contribution in [0.25, 0.3) is 0 Å². The predicted octanol–water partition coefficient (Wildman–Crippen LogP) is 3.88. The van der Waals surface area contributed by atoms with Crippen molar-refractivity contribution in [3.05, 3.63) is 102 Å². The molecule has 0 aliphatic rings. The Morgan fingerprint density at radius 1 is 0.741 bits per heavy atom. The number of rotatable bonds is 8. The summed E-state index contributed by atoms with van der Waals surface area (Å²) in [6.45, 7) is 1.54. The second-order valence-corrected chi connectivity index (χ2v) is 6.55. The highest BCUT2D eigenvalue weighted by Crippen LogP contribution is 2.21. The zero-order chi connectivity index (χ0) is 19.1. The fraction of sp³-hybridized carbons (Fsp3) is 0.174. The van der Waals surface area contributed by atoms with Gasteiger partial charge in [-0.2, -0.15) is 0 Å². The molecule has 1 unspecified atom stereocenters. The molecule has 4 nitrogen and oxygen atoms in total. The third kappa shape index (κ3) is 5.43. The lowest BCUT2D eigenvalue weighted by atomic mass is 10.1. The smallest absolute Gasteiger partial charge is 0.332 e. The van der Waals surface area contributed by atoms with Crippen molar-refractivity contribution < 1.29 is 15.0 Å². The van der Waals surface area contributed by atoms with E-state index in [0.29, 0.717) is 0 Å². The number of carboxylic acids is 1. The zero-order valence-electron chi connectivity index (χ0n) is 15.0. The average Bonchev–Trinajstić information content (AvgIpc) is 2.69. The number of hydrogen-bond acceptors (Lipinski definition) is 3. The van der Waals surface area contributed by atoms with E-state index in [1.165, 1.54) is 11.1 Å². The number of aliphatic carboxylic acids is 1. The highest BCUT2D eigenvalue weighted by molar-refractivity contribution is 5.72. The van der Waals surface area contributed by atoms with Gasteiger partial charge in [-0.3, -0.25) is 0 Å². The van der Waals surface area contributed by atoms with Gasteiger partial charge in [0.25, 0.3) is 0 Å². The minimum Gasteiger partial charge on any atom is -0.479 e. The van der Waals surface area contributed by atoms with Crippen molar-refractivity contribution in [1.82, 2.24) is 0 Å². The van der Waals surface area contributed by atoms with Crippen LogP contribution in [0, 0.1) is 0 Å². The van der Waals surface area contributed by atoms with Crippen LogP contribution in [0.3, 0.4) is 0 Å². The van der Waals surface area contributed by atoms with Gasteiger partial charge in [0, 0.05) is 25.2 Å². The van der Waals surface area contributed by atoms with Crippen LogP contribution in [0.15, 0.2) is 84.9 Å². The molecule has 0 spiro atoms. The lowest BCUT2D eigenvalue weighted by molar-refractivity contribution is -0.146. The first-order chi connectivity index (χ1) is 13.1. The molecule has 0 saturated carbocycles. The van der Waals surface area contributed by atoms with Crippen LogP contribution in [-0.4, -0.2) is 22.3 Å². The molecule has 0 aromatic heterocycles. The molecule has 3 aromatic rings. The molecule has 3 aromatic carbocycles. The third-order valence-corrected chi connectivity index (χ3v) is 4.45. The Kier molecular flexibility index (Phi) is 6.23. The Bertz CT molecular complexity index is 806. The summed E-state index contributed by atoms with van der Waals surface area (Å²) < 4.78 is 0. The largest absolute Gasteiger partial charge is 0.479 e. The Labute approximate surface area is 159 Å². The summed E-state index contributed by atoms with van der Waals surface area (Å²) >= 11 is 0. The topological polar surface area (TPSA) is 60.8 Å². The molecular formula is C23H23NO3. The molecular weight excluding hydrogens is 338 g/mol. The molecule has 4 heteroatoms. The number of carboxylic acid groups (broad SMARTS) is 1. The molecule has 0 saturated heterocycles. The summed E-state index contributed by atoms with van der Waals surface area (Å²) in [6, 6.07) is 28.3. The summed E-state index contributed by atoms with van der Waals surface area (Å²) in [5.41, 5.74) is 4.29. The van der Waals surface area contributed by atoms with E-state index in [2.05, 4.69) is 29.2 Å². The van der Waals surface area contributed by atoms with Crippen LogP contribution < -0.4 is 4.90 Å². The van der Waals surface area contributed by atoms with Gasteiger partial charge >= 0.3 is 5.97 Å². The standard InChI is InChI=1S/C23H23NO3/c25-22(23(26)27)15-18-11-13-21(14-12-18)24(16-19-7-3-1-4-8-19)17-20-9-5-2-6-10-20/h1-14,22,25H,15-17H2,(H,26,27). The number of carbonyl (C=O) groups is 1. The second-order valence-electron chi connectivity index (χ2n) is 6.55. The Morgan fingerprint density at radius 3 is 1.67 bits per heavy atom. The molecule has 0 radical (unpaired) electrons. The van der Waals surface area contributed by atoms with Gasteiger partial charge < -0.3 is 15.1 Å². The van der Waals surface area contributed by atoms with E-state index in [-0.39, 0.29) is 6.42 Å².